The number of unbranched alkanes of at least 4 members (excludes halogenated alkanes) is 16. The molecule has 2 fully saturated rings. The number of carbonyl (C=O) groups is 2. The van der Waals surface area contributed by atoms with E-state index in [4.69, 9.17) is 28.4 Å². The Balaban J connectivity index is 1.76. The molecule has 0 aromatic carbocycles. The Hall–Kier alpha value is -3.06. The highest BCUT2D eigenvalue weighted by Crippen LogP contribution is 2.26. The minimum atomic E-state index is -1.78. The smallest absolute Gasteiger partial charge is 0.306 e. The van der Waals surface area contributed by atoms with E-state index in [1.807, 2.05) is 18.2 Å². The number of esters is 2. The number of aliphatic hydroxyl groups is 7. The molecule has 0 saturated carbocycles. The monoisotopic (exact) mass is 1020 g/mol. The highest BCUT2D eigenvalue weighted by molar-refractivity contribution is 5.70. The SMILES string of the molecule is CC/C=C\C/C=C\C/C=C\C/C=C\CCC(=O)OC(COC(=O)CCCCCCCCCCCCC/C=C\C/C=C\CCCCCCC)COC1OC(COC2OC(CO)C(O)C(O)C2O)C(O)C(O)C1O. The van der Waals surface area contributed by atoms with Crippen LogP contribution in [0.15, 0.2) is 72.9 Å². The first-order chi connectivity index (χ1) is 35.0. The lowest BCUT2D eigenvalue weighted by Gasteiger charge is -2.42. The highest BCUT2D eigenvalue weighted by atomic mass is 16.7. The maximum absolute atomic E-state index is 13.0. The van der Waals surface area contributed by atoms with Crippen LogP contribution in [0.2, 0.25) is 0 Å². The van der Waals surface area contributed by atoms with E-state index in [0.717, 1.165) is 51.4 Å². The average Bonchev–Trinajstić information content (AvgIpc) is 3.37. The van der Waals surface area contributed by atoms with E-state index in [9.17, 15) is 45.3 Å². The van der Waals surface area contributed by atoms with Gasteiger partial charge in [0.25, 0.3) is 0 Å². The van der Waals surface area contributed by atoms with Crippen LogP contribution in [0.25, 0.3) is 0 Å². The molecule has 414 valence electrons. The van der Waals surface area contributed by atoms with Crippen LogP contribution in [0.5, 0.6) is 0 Å². The molecule has 2 aliphatic rings. The maximum Gasteiger partial charge on any atom is 0.306 e. The largest absolute Gasteiger partial charge is 0.462 e. The van der Waals surface area contributed by atoms with Crippen LogP contribution in [0, 0.1) is 0 Å². The minimum absolute atomic E-state index is 0.0408. The van der Waals surface area contributed by atoms with Crippen molar-refractivity contribution in [1.82, 2.24) is 0 Å². The topological polar surface area (TPSA) is 231 Å². The summed E-state index contributed by atoms with van der Waals surface area (Å²) in [5.41, 5.74) is 0. The van der Waals surface area contributed by atoms with Gasteiger partial charge in [-0.15, -0.1) is 0 Å². The molecule has 15 heteroatoms. The summed E-state index contributed by atoms with van der Waals surface area (Å²) in [7, 11) is 0. The molecule has 0 aromatic rings. The summed E-state index contributed by atoms with van der Waals surface area (Å²) in [5.74, 6) is -1.02. The fraction of sp³-hybridized carbons (Fsp3) is 0.754. The summed E-state index contributed by atoms with van der Waals surface area (Å²) < 4.78 is 33.5. The third-order valence-corrected chi connectivity index (χ3v) is 12.7. The molecule has 0 spiro atoms. The molecule has 11 unspecified atom stereocenters. The first-order valence-corrected chi connectivity index (χ1v) is 27.5. The van der Waals surface area contributed by atoms with Crippen LogP contribution in [0.4, 0.5) is 0 Å². The van der Waals surface area contributed by atoms with Crippen LogP contribution in [0.3, 0.4) is 0 Å². The van der Waals surface area contributed by atoms with Crippen LogP contribution in [-0.4, -0.2) is 142 Å². The van der Waals surface area contributed by atoms with Crippen molar-refractivity contribution in [3.05, 3.63) is 72.9 Å². The highest BCUT2D eigenvalue weighted by Gasteiger charge is 2.47. The fourth-order valence-corrected chi connectivity index (χ4v) is 8.20. The van der Waals surface area contributed by atoms with E-state index < -0.39 is 99.3 Å². The summed E-state index contributed by atoms with van der Waals surface area (Å²) in [6.07, 6.45) is 35.3. The van der Waals surface area contributed by atoms with Crippen molar-refractivity contribution in [2.45, 2.75) is 248 Å². The second-order valence-corrected chi connectivity index (χ2v) is 19.0. The van der Waals surface area contributed by atoms with Gasteiger partial charge in [-0.2, -0.15) is 0 Å². The van der Waals surface area contributed by atoms with E-state index >= 15 is 0 Å². The second kappa shape index (κ2) is 43.2. The Bertz CT molecular complexity index is 1530. The van der Waals surface area contributed by atoms with Crippen LogP contribution < -0.4 is 0 Å². The molecule has 72 heavy (non-hydrogen) atoms. The number of ether oxygens (including phenoxy) is 6. The van der Waals surface area contributed by atoms with Crippen molar-refractivity contribution in [3.8, 4) is 0 Å². The number of carbonyl (C=O) groups excluding carboxylic acids is 2. The lowest BCUT2D eigenvalue weighted by molar-refractivity contribution is -0.332. The number of rotatable bonds is 42. The Morgan fingerprint density at radius 3 is 1.43 bits per heavy atom. The Labute approximate surface area is 432 Å². The number of hydrogen-bond acceptors (Lipinski definition) is 15. The van der Waals surface area contributed by atoms with Gasteiger partial charge < -0.3 is 64.2 Å². The van der Waals surface area contributed by atoms with E-state index in [1.54, 1.807) is 0 Å². The molecule has 0 bridgehead atoms. The molecule has 2 saturated heterocycles. The van der Waals surface area contributed by atoms with Gasteiger partial charge in [0.15, 0.2) is 18.7 Å². The van der Waals surface area contributed by atoms with Crippen molar-refractivity contribution in [2.75, 3.05) is 26.4 Å². The Kier molecular flexibility index (Phi) is 39.0. The summed E-state index contributed by atoms with van der Waals surface area (Å²) in [6, 6.07) is 0. The van der Waals surface area contributed by atoms with Gasteiger partial charge in [-0.3, -0.25) is 9.59 Å². The van der Waals surface area contributed by atoms with Crippen molar-refractivity contribution in [2.24, 2.45) is 0 Å². The van der Waals surface area contributed by atoms with Crippen LogP contribution in [-0.2, 0) is 38.0 Å². The lowest BCUT2D eigenvalue weighted by atomic mass is 9.98. The number of hydrogen-bond donors (Lipinski definition) is 7. The summed E-state index contributed by atoms with van der Waals surface area (Å²) in [4.78, 5) is 25.8. The first kappa shape index (κ1) is 65.1. The van der Waals surface area contributed by atoms with E-state index in [1.165, 1.54) is 83.5 Å². The molecular formula is C57H96O15. The third-order valence-electron chi connectivity index (χ3n) is 12.7. The van der Waals surface area contributed by atoms with Crippen molar-refractivity contribution < 1.29 is 73.8 Å². The minimum Gasteiger partial charge on any atom is -0.462 e. The standard InChI is InChI=1S/C57H96O15/c1-3-5-7-9-11-13-15-17-18-19-20-21-22-23-24-25-26-28-29-31-33-35-37-39-48(59)67-42-45(70-49(60)40-38-36-34-32-30-27-16-14-12-10-8-6-4-2)43-68-56-55(66)53(64)51(62)47(72-56)44-69-57-54(65)52(63)50(61)46(41-58)71-57/h6,8,12,14-15,17,19-20,27,30,34,36,45-47,50-58,61-66H,3-5,7,9-11,13,16,18,21-26,28-29,31-33,35,37-44H2,1-2H3/b8-6-,14-12-,17-15-,20-19-,30-27-,36-34-. The second-order valence-electron chi connectivity index (χ2n) is 19.0. The van der Waals surface area contributed by atoms with E-state index in [0.29, 0.717) is 19.3 Å². The van der Waals surface area contributed by atoms with Crippen molar-refractivity contribution in [1.29, 1.82) is 0 Å². The molecular weight excluding hydrogens is 925 g/mol. The van der Waals surface area contributed by atoms with E-state index in [-0.39, 0.29) is 19.4 Å². The lowest BCUT2D eigenvalue weighted by Crippen LogP contribution is -2.61. The van der Waals surface area contributed by atoms with Gasteiger partial charge in [-0.1, -0.05) is 170 Å². The van der Waals surface area contributed by atoms with E-state index in [2.05, 4.69) is 68.5 Å². The van der Waals surface area contributed by atoms with Gasteiger partial charge in [0, 0.05) is 12.8 Å². The molecule has 0 amide bonds. The Morgan fingerprint density at radius 2 is 0.903 bits per heavy atom. The normalized spacial score (nSPS) is 25.6. The molecule has 0 aliphatic carbocycles. The van der Waals surface area contributed by atoms with Crippen LogP contribution >= 0.6 is 0 Å². The molecule has 2 rings (SSSR count). The fourth-order valence-electron chi connectivity index (χ4n) is 8.20. The zero-order valence-corrected chi connectivity index (χ0v) is 43.9. The summed E-state index contributed by atoms with van der Waals surface area (Å²) >= 11 is 0. The van der Waals surface area contributed by atoms with Gasteiger partial charge in [0.05, 0.1) is 19.8 Å². The van der Waals surface area contributed by atoms with Crippen molar-refractivity contribution in [3.63, 3.8) is 0 Å². The van der Waals surface area contributed by atoms with Gasteiger partial charge in [-0.25, -0.2) is 0 Å². The maximum atomic E-state index is 13.0. The van der Waals surface area contributed by atoms with Gasteiger partial charge in [0.2, 0.25) is 0 Å². The molecule has 2 aliphatic heterocycles. The zero-order chi connectivity index (χ0) is 52.4. The first-order valence-electron chi connectivity index (χ1n) is 27.5. The average molecular weight is 1020 g/mol. The van der Waals surface area contributed by atoms with Crippen LogP contribution in [0.1, 0.15) is 181 Å². The predicted molar refractivity (Wildman–Crippen MR) is 279 cm³/mol. The number of allylic oxidation sites excluding steroid dienone is 12. The third kappa shape index (κ3) is 30.3. The van der Waals surface area contributed by atoms with Crippen molar-refractivity contribution >= 4 is 11.9 Å². The van der Waals surface area contributed by atoms with Gasteiger partial charge >= 0.3 is 11.9 Å². The molecule has 15 nitrogen and oxygen atoms in total. The summed E-state index contributed by atoms with van der Waals surface area (Å²) in [6.45, 7) is 2.38. The number of aliphatic hydroxyl groups excluding tert-OH is 7. The Morgan fingerprint density at radius 1 is 0.458 bits per heavy atom. The molecule has 11 atom stereocenters. The molecule has 0 aromatic heterocycles. The molecule has 0 radical (unpaired) electrons. The van der Waals surface area contributed by atoms with Gasteiger partial charge in [-0.05, 0) is 70.6 Å². The molecule has 2 heterocycles. The summed E-state index contributed by atoms with van der Waals surface area (Å²) in [5, 5.41) is 72.1. The quantitative estimate of drug-likeness (QED) is 0.0172. The zero-order valence-electron chi connectivity index (χ0n) is 43.9. The van der Waals surface area contributed by atoms with Gasteiger partial charge in [0.1, 0.15) is 55.4 Å². The molecule has 7 N–H and O–H groups in total. The predicted octanol–water partition coefficient (Wildman–Crippen LogP) is 8.60.